The van der Waals surface area contributed by atoms with Crippen molar-refractivity contribution in [3.05, 3.63) is 59.1 Å². The van der Waals surface area contributed by atoms with Gasteiger partial charge in [0.25, 0.3) is 5.91 Å². The molecule has 3 rings (SSSR count). The first-order chi connectivity index (χ1) is 11.2. The molecule has 1 aliphatic rings. The van der Waals surface area contributed by atoms with Crippen LogP contribution in [0.15, 0.2) is 53.4 Å². The molecule has 5 heteroatoms. The maximum atomic E-state index is 12.5. The molecule has 0 aliphatic carbocycles. The third kappa shape index (κ3) is 4.50. The monoisotopic (exact) mass is 347 g/mol. The molecule has 0 saturated carbocycles. The van der Waals surface area contributed by atoms with Crippen LogP contribution in [0.25, 0.3) is 0 Å². The molecule has 1 heterocycles. The maximum Gasteiger partial charge on any atom is 0.256 e. The fraction of sp³-hybridized carbons (Fsp3) is 0.278. The van der Waals surface area contributed by atoms with Gasteiger partial charge in [0.15, 0.2) is 0 Å². The molecule has 23 heavy (non-hydrogen) atoms. The Hall–Kier alpha value is -1.49. The Morgan fingerprint density at radius 3 is 2.91 bits per heavy atom. The second kappa shape index (κ2) is 7.86. The lowest BCUT2D eigenvalue weighted by molar-refractivity contribution is 0.102. The minimum Gasteiger partial charge on any atom is -0.377 e. The summed E-state index contributed by atoms with van der Waals surface area (Å²) < 4.78 is 5.65. The van der Waals surface area contributed by atoms with Crippen LogP contribution in [0.2, 0.25) is 5.02 Å². The van der Waals surface area contributed by atoms with Gasteiger partial charge in [-0.15, -0.1) is 11.8 Å². The number of hydrogen-bond donors (Lipinski definition) is 1. The summed E-state index contributed by atoms with van der Waals surface area (Å²) in [5.41, 5.74) is 1.37. The van der Waals surface area contributed by atoms with E-state index in [0.29, 0.717) is 22.4 Å². The van der Waals surface area contributed by atoms with Crippen LogP contribution in [0.3, 0.4) is 0 Å². The van der Waals surface area contributed by atoms with Crippen molar-refractivity contribution in [2.24, 2.45) is 0 Å². The summed E-state index contributed by atoms with van der Waals surface area (Å²) in [4.78, 5) is 13.5. The Balaban J connectivity index is 1.69. The Labute approximate surface area is 145 Å². The third-order valence-electron chi connectivity index (χ3n) is 3.66. The van der Waals surface area contributed by atoms with Gasteiger partial charge in [0, 0.05) is 28.0 Å². The number of amides is 1. The Bertz CT molecular complexity index is 686. The van der Waals surface area contributed by atoms with Crippen molar-refractivity contribution in [2.75, 3.05) is 17.7 Å². The molecule has 0 aromatic heterocycles. The van der Waals surface area contributed by atoms with E-state index in [2.05, 4.69) is 5.32 Å². The molecular formula is C18H18ClNO2S. The summed E-state index contributed by atoms with van der Waals surface area (Å²) in [6, 6.07) is 14.8. The van der Waals surface area contributed by atoms with Crippen molar-refractivity contribution in [2.45, 2.75) is 23.8 Å². The van der Waals surface area contributed by atoms with Crippen LogP contribution in [-0.2, 0) is 4.74 Å². The van der Waals surface area contributed by atoms with Gasteiger partial charge in [-0.2, -0.15) is 0 Å². The Morgan fingerprint density at radius 1 is 1.26 bits per heavy atom. The Morgan fingerprint density at radius 2 is 2.13 bits per heavy atom. The van der Waals surface area contributed by atoms with E-state index in [1.54, 1.807) is 23.9 Å². The smallest absolute Gasteiger partial charge is 0.256 e. The number of carbonyl (C=O) groups is 1. The van der Waals surface area contributed by atoms with Crippen molar-refractivity contribution in [3.63, 3.8) is 0 Å². The van der Waals surface area contributed by atoms with Crippen LogP contribution < -0.4 is 5.32 Å². The quantitative estimate of drug-likeness (QED) is 0.785. The summed E-state index contributed by atoms with van der Waals surface area (Å²) in [5, 5.41) is 3.50. The average Bonchev–Trinajstić information content (AvgIpc) is 3.06. The molecule has 0 radical (unpaired) electrons. The summed E-state index contributed by atoms with van der Waals surface area (Å²) in [7, 11) is 0. The number of halogens is 1. The normalized spacial score (nSPS) is 17.2. The SMILES string of the molecule is O=C(Nc1cccc(Cl)c1)c1ccccc1SC[C@@H]1CCCO1. The van der Waals surface area contributed by atoms with Crippen LogP contribution in [-0.4, -0.2) is 24.4 Å². The first-order valence-electron chi connectivity index (χ1n) is 7.63. The molecule has 1 aliphatic heterocycles. The molecule has 0 bridgehead atoms. The molecule has 1 amide bonds. The number of thioether (sulfide) groups is 1. The fourth-order valence-electron chi connectivity index (χ4n) is 2.50. The lowest BCUT2D eigenvalue weighted by atomic mass is 10.2. The van der Waals surface area contributed by atoms with E-state index in [0.717, 1.165) is 30.1 Å². The van der Waals surface area contributed by atoms with Crippen molar-refractivity contribution in [3.8, 4) is 0 Å². The van der Waals surface area contributed by atoms with Crippen LogP contribution in [0.5, 0.6) is 0 Å². The fourth-order valence-corrected chi connectivity index (χ4v) is 3.81. The zero-order valence-corrected chi connectivity index (χ0v) is 14.2. The van der Waals surface area contributed by atoms with Gasteiger partial charge in [-0.1, -0.05) is 29.8 Å². The number of rotatable bonds is 5. The topological polar surface area (TPSA) is 38.3 Å². The minimum absolute atomic E-state index is 0.122. The second-order valence-electron chi connectivity index (χ2n) is 5.41. The molecule has 0 unspecified atom stereocenters. The van der Waals surface area contributed by atoms with Gasteiger partial charge < -0.3 is 10.1 Å². The van der Waals surface area contributed by atoms with Crippen molar-refractivity contribution >= 4 is 35.0 Å². The Kier molecular flexibility index (Phi) is 5.60. The van der Waals surface area contributed by atoms with Crippen LogP contribution in [0, 0.1) is 0 Å². The van der Waals surface area contributed by atoms with Crippen molar-refractivity contribution < 1.29 is 9.53 Å². The van der Waals surface area contributed by atoms with Gasteiger partial charge in [-0.3, -0.25) is 4.79 Å². The second-order valence-corrected chi connectivity index (χ2v) is 6.90. The number of nitrogens with one attached hydrogen (secondary N) is 1. The van der Waals surface area contributed by atoms with Gasteiger partial charge in [0.1, 0.15) is 0 Å². The molecule has 0 spiro atoms. The van der Waals surface area contributed by atoms with Gasteiger partial charge in [-0.05, 0) is 43.2 Å². The molecule has 1 N–H and O–H groups in total. The van der Waals surface area contributed by atoms with Crippen LogP contribution in [0.1, 0.15) is 23.2 Å². The zero-order chi connectivity index (χ0) is 16.1. The van der Waals surface area contributed by atoms with Gasteiger partial charge in [-0.25, -0.2) is 0 Å². The van der Waals surface area contributed by atoms with E-state index >= 15 is 0 Å². The number of ether oxygens (including phenoxy) is 1. The van der Waals surface area contributed by atoms with E-state index in [9.17, 15) is 4.79 Å². The van der Waals surface area contributed by atoms with E-state index < -0.39 is 0 Å². The molecule has 120 valence electrons. The highest BCUT2D eigenvalue weighted by Crippen LogP contribution is 2.27. The summed E-state index contributed by atoms with van der Waals surface area (Å²) in [6.07, 6.45) is 2.52. The molecule has 1 atom stereocenters. The standard InChI is InChI=1S/C18H18ClNO2S/c19-13-5-3-6-14(11-13)20-18(21)16-8-1-2-9-17(16)23-12-15-7-4-10-22-15/h1-3,5-6,8-9,11,15H,4,7,10,12H2,(H,20,21)/t15-/m0/s1. The van der Waals surface area contributed by atoms with Gasteiger partial charge >= 0.3 is 0 Å². The molecular weight excluding hydrogens is 330 g/mol. The molecule has 2 aromatic carbocycles. The number of benzene rings is 2. The average molecular weight is 348 g/mol. The maximum absolute atomic E-state index is 12.5. The third-order valence-corrected chi connectivity index (χ3v) is 5.10. The highest BCUT2D eigenvalue weighted by atomic mass is 35.5. The first kappa shape index (κ1) is 16.4. The molecule has 1 fully saturated rings. The number of carbonyl (C=O) groups excluding carboxylic acids is 1. The van der Waals surface area contributed by atoms with E-state index in [4.69, 9.17) is 16.3 Å². The van der Waals surface area contributed by atoms with Crippen LogP contribution in [0.4, 0.5) is 5.69 Å². The van der Waals surface area contributed by atoms with E-state index in [1.807, 2.05) is 36.4 Å². The number of anilines is 1. The number of hydrogen-bond acceptors (Lipinski definition) is 3. The predicted molar refractivity (Wildman–Crippen MR) is 95.5 cm³/mol. The van der Waals surface area contributed by atoms with E-state index in [-0.39, 0.29) is 5.91 Å². The lowest BCUT2D eigenvalue weighted by Gasteiger charge is -2.12. The zero-order valence-electron chi connectivity index (χ0n) is 12.6. The molecule has 1 saturated heterocycles. The summed E-state index contributed by atoms with van der Waals surface area (Å²) >= 11 is 7.63. The highest BCUT2D eigenvalue weighted by molar-refractivity contribution is 7.99. The highest BCUT2D eigenvalue weighted by Gasteiger charge is 2.18. The summed E-state index contributed by atoms with van der Waals surface area (Å²) in [6.45, 7) is 0.849. The first-order valence-corrected chi connectivity index (χ1v) is 8.99. The van der Waals surface area contributed by atoms with Crippen molar-refractivity contribution in [1.82, 2.24) is 0 Å². The van der Waals surface area contributed by atoms with E-state index in [1.165, 1.54) is 0 Å². The van der Waals surface area contributed by atoms with Gasteiger partial charge in [0.2, 0.25) is 0 Å². The minimum atomic E-state index is -0.122. The molecule has 2 aromatic rings. The molecule has 3 nitrogen and oxygen atoms in total. The van der Waals surface area contributed by atoms with Crippen LogP contribution >= 0.6 is 23.4 Å². The summed E-state index contributed by atoms with van der Waals surface area (Å²) in [5.74, 6) is 0.754. The predicted octanol–water partition coefficient (Wildman–Crippen LogP) is 4.86. The lowest BCUT2D eigenvalue weighted by Crippen LogP contribution is -2.14. The van der Waals surface area contributed by atoms with Gasteiger partial charge in [0.05, 0.1) is 11.7 Å². The van der Waals surface area contributed by atoms with Crippen molar-refractivity contribution in [1.29, 1.82) is 0 Å². The largest absolute Gasteiger partial charge is 0.377 e.